The molecule has 0 radical (unpaired) electrons. The van der Waals surface area contributed by atoms with Gasteiger partial charge in [0.1, 0.15) is 10.7 Å². The fourth-order valence-electron chi connectivity index (χ4n) is 4.48. The predicted molar refractivity (Wildman–Crippen MR) is 183 cm³/mol. The Morgan fingerprint density at radius 2 is 1.10 bits per heavy atom. The van der Waals surface area contributed by atoms with E-state index in [1.807, 2.05) is 0 Å². The number of anilines is 9. The van der Waals surface area contributed by atoms with Crippen molar-refractivity contribution in [1.29, 1.82) is 0 Å². The second-order valence-corrected chi connectivity index (χ2v) is 13.1. The second-order valence-electron chi connectivity index (χ2n) is 10.3. The van der Waals surface area contributed by atoms with Crippen molar-refractivity contribution in [2.75, 3.05) is 52.5 Å². The van der Waals surface area contributed by atoms with Crippen LogP contribution in [0.5, 0.6) is 0 Å². The van der Waals surface area contributed by atoms with E-state index in [4.69, 9.17) is 0 Å². The first-order valence-corrected chi connectivity index (χ1v) is 17.5. The summed E-state index contributed by atoms with van der Waals surface area (Å²) in [7, 11) is -9.00. The average molecular weight is 726 g/mol. The Kier molecular flexibility index (Phi) is 10.9. The lowest BCUT2D eigenvalue weighted by Crippen LogP contribution is -2.31. The van der Waals surface area contributed by atoms with Crippen molar-refractivity contribution in [3.05, 3.63) is 78.6 Å². The highest BCUT2D eigenvalue weighted by Crippen LogP contribution is 2.26. The van der Waals surface area contributed by atoms with Gasteiger partial charge in [-0.15, -0.1) is 0 Å². The molecule has 5 aromatic rings. The first-order chi connectivity index (χ1) is 23.8. The molecule has 8 N–H and O–H groups in total. The van der Waals surface area contributed by atoms with Gasteiger partial charge in [-0.1, -0.05) is 24.3 Å². The minimum atomic E-state index is -4.52. The molecule has 19 nitrogen and oxygen atoms in total. The standard InChI is InChI=1S/C29H31N11O8S2/c1-18-30-25(36-26(31-18)35-23-10-2-3-11-24(23)50(46,47)48)32-19-6-4-7-20(16-19)33-27-37-28(39-29(38-27)40(12-14-41)13-15-42)34-21-8-5-9-22(17-21)49(43,44)45/h2-11,16-17,41-42H,12-15H2,1H3,(H,43,44,45)(H,46,47,48)(H2,30,31,32,35,36)(H2,33,34,37,38,39). The normalized spacial score (nSPS) is 11.5. The van der Waals surface area contributed by atoms with E-state index in [0.717, 1.165) is 0 Å². The second kappa shape index (κ2) is 15.3. The molecule has 2 aromatic heterocycles. The molecular formula is C29H31N11O8S2. The largest absolute Gasteiger partial charge is 0.395 e. The van der Waals surface area contributed by atoms with E-state index in [-0.39, 0.29) is 77.2 Å². The van der Waals surface area contributed by atoms with Crippen LogP contribution in [-0.4, -0.2) is 92.4 Å². The number of nitrogens with zero attached hydrogens (tertiary/aromatic N) is 7. The van der Waals surface area contributed by atoms with Gasteiger partial charge in [-0.3, -0.25) is 9.11 Å². The van der Waals surface area contributed by atoms with Crippen molar-refractivity contribution in [3.63, 3.8) is 0 Å². The number of rotatable bonds is 15. The summed E-state index contributed by atoms with van der Waals surface area (Å²) in [6.45, 7) is 1.27. The molecule has 0 atom stereocenters. The lowest BCUT2D eigenvalue weighted by Gasteiger charge is -2.21. The van der Waals surface area contributed by atoms with Crippen molar-refractivity contribution < 1.29 is 36.2 Å². The third-order valence-electron chi connectivity index (χ3n) is 6.57. The van der Waals surface area contributed by atoms with Crippen LogP contribution < -0.4 is 26.2 Å². The zero-order valence-corrected chi connectivity index (χ0v) is 27.8. The van der Waals surface area contributed by atoms with E-state index in [2.05, 4.69) is 51.2 Å². The number of aromatic nitrogens is 6. The number of hydrogen-bond donors (Lipinski definition) is 8. The van der Waals surface area contributed by atoms with Crippen molar-refractivity contribution in [2.24, 2.45) is 0 Å². The Balaban J connectivity index is 1.41. The highest BCUT2D eigenvalue weighted by atomic mass is 32.2. The zero-order valence-electron chi connectivity index (χ0n) is 26.1. The maximum absolute atomic E-state index is 11.8. The molecule has 50 heavy (non-hydrogen) atoms. The molecule has 0 amide bonds. The third-order valence-corrected chi connectivity index (χ3v) is 8.33. The molecule has 5 rings (SSSR count). The highest BCUT2D eigenvalue weighted by Gasteiger charge is 2.18. The third kappa shape index (κ3) is 9.52. The van der Waals surface area contributed by atoms with Crippen LogP contribution in [0.3, 0.4) is 0 Å². The van der Waals surface area contributed by atoms with Gasteiger partial charge in [0, 0.05) is 30.2 Å². The molecule has 0 saturated carbocycles. The topological polar surface area (TPSA) is 278 Å². The molecule has 0 spiro atoms. The van der Waals surface area contributed by atoms with E-state index in [1.165, 1.54) is 47.4 Å². The van der Waals surface area contributed by atoms with Crippen LogP contribution >= 0.6 is 0 Å². The first-order valence-electron chi connectivity index (χ1n) is 14.6. The van der Waals surface area contributed by atoms with Gasteiger partial charge in [0.25, 0.3) is 20.2 Å². The minimum Gasteiger partial charge on any atom is -0.395 e. The molecule has 0 aliphatic rings. The van der Waals surface area contributed by atoms with Gasteiger partial charge in [-0.2, -0.15) is 46.7 Å². The number of aryl methyl sites for hydroxylation is 1. The number of benzene rings is 3. The summed E-state index contributed by atoms with van der Waals surface area (Å²) in [5.41, 5.74) is 1.31. The molecule has 0 saturated heterocycles. The molecular weight excluding hydrogens is 695 g/mol. The Bertz CT molecular complexity index is 2200. The smallest absolute Gasteiger partial charge is 0.296 e. The average Bonchev–Trinajstić information content (AvgIpc) is 3.04. The van der Waals surface area contributed by atoms with Gasteiger partial charge in [0.15, 0.2) is 0 Å². The summed E-state index contributed by atoms with van der Waals surface area (Å²) in [5.74, 6) is 0.549. The summed E-state index contributed by atoms with van der Waals surface area (Å²) < 4.78 is 66.0. The van der Waals surface area contributed by atoms with E-state index in [0.29, 0.717) is 17.2 Å². The van der Waals surface area contributed by atoms with Gasteiger partial charge in [-0.25, -0.2) is 0 Å². The van der Waals surface area contributed by atoms with Crippen molar-refractivity contribution in [1.82, 2.24) is 29.9 Å². The maximum atomic E-state index is 11.8. The van der Waals surface area contributed by atoms with Gasteiger partial charge in [-0.05, 0) is 55.5 Å². The summed E-state index contributed by atoms with van der Waals surface area (Å²) in [5, 5.41) is 31.0. The molecule has 0 aliphatic carbocycles. The molecule has 3 aromatic carbocycles. The van der Waals surface area contributed by atoms with Crippen LogP contribution in [0.1, 0.15) is 5.82 Å². The summed E-state index contributed by atoms with van der Waals surface area (Å²) in [6, 6.07) is 17.9. The Morgan fingerprint density at radius 1 is 0.600 bits per heavy atom. The number of aliphatic hydroxyl groups is 2. The number of nitrogens with one attached hydrogen (secondary N) is 4. The Morgan fingerprint density at radius 3 is 1.64 bits per heavy atom. The maximum Gasteiger partial charge on any atom is 0.296 e. The molecule has 21 heteroatoms. The van der Waals surface area contributed by atoms with Gasteiger partial charge < -0.3 is 36.4 Å². The van der Waals surface area contributed by atoms with Crippen molar-refractivity contribution in [2.45, 2.75) is 16.7 Å². The van der Waals surface area contributed by atoms with E-state index in [9.17, 15) is 36.2 Å². The van der Waals surface area contributed by atoms with Crippen LogP contribution in [0.4, 0.5) is 52.5 Å². The highest BCUT2D eigenvalue weighted by molar-refractivity contribution is 7.86. The molecule has 0 aliphatic heterocycles. The van der Waals surface area contributed by atoms with Gasteiger partial charge in [0.05, 0.1) is 23.8 Å². The summed E-state index contributed by atoms with van der Waals surface area (Å²) in [4.78, 5) is 26.8. The van der Waals surface area contributed by atoms with Crippen molar-refractivity contribution >= 4 is 72.7 Å². The number of aliphatic hydroxyl groups excluding tert-OH is 2. The molecule has 0 unspecified atom stereocenters. The first kappa shape index (κ1) is 35.7. The van der Waals surface area contributed by atoms with Crippen LogP contribution in [0.2, 0.25) is 0 Å². The van der Waals surface area contributed by atoms with Crippen LogP contribution in [-0.2, 0) is 20.2 Å². The Labute approximate surface area is 286 Å². The SMILES string of the molecule is Cc1nc(Nc2cccc(Nc3nc(Nc4cccc(S(=O)(=O)O)c4)nc(N(CCO)CCO)n3)c2)nc(Nc2ccccc2S(=O)(=O)O)n1. The summed E-state index contributed by atoms with van der Waals surface area (Å²) in [6.07, 6.45) is 0. The summed E-state index contributed by atoms with van der Waals surface area (Å²) >= 11 is 0. The fourth-order valence-corrected chi connectivity index (χ4v) is 5.65. The lowest BCUT2D eigenvalue weighted by atomic mass is 10.3. The van der Waals surface area contributed by atoms with E-state index >= 15 is 0 Å². The van der Waals surface area contributed by atoms with Gasteiger partial charge >= 0.3 is 0 Å². The quantitative estimate of drug-likeness (QED) is 0.0720. The van der Waals surface area contributed by atoms with Crippen molar-refractivity contribution in [3.8, 4) is 0 Å². The van der Waals surface area contributed by atoms with Crippen LogP contribution in [0.25, 0.3) is 0 Å². The zero-order chi connectivity index (χ0) is 35.9. The van der Waals surface area contributed by atoms with E-state index in [1.54, 1.807) is 37.3 Å². The molecule has 0 fully saturated rings. The molecule has 2 heterocycles. The molecule has 0 bridgehead atoms. The fraction of sp³-hybridized carbons (Fsp3) is 0.172. The minimum absolute atomic E-state index is 0.0144. The van der Waals surface area contributed by atoms with Gasteiger partial charge in [0.2, 0.25) is 29.7 Å². The van der Waals surface area contributed by atoms with Crippen LogP contribution in [0.15, 0.2) is 82.6 Å². The van der Waals surface area contributed by atoms with E-state index < -0.39 is 20.2 Å². The lowest BCUT2D eigenvalue weighted by molar-refractivity contribution is 0.280. The monoisotopic (exact) mass is 725 g/mol. The Hall–Kier alpha value is -5.58. The number of hydrogen-bond acceptors (Lipinski definition) is 17. The van der Waals surface area contributed by atoms with Crippen LogP contribution in [0, 0.1) is 6.92 Å². The number of para-hydroxylation sites is 1. The molecule has 262 valence electrons. The predicted octanol–water partition coefficient (Wildman–Crippen LogP) is 2.62.